The summed E-state index contributed by atoms with van der Waals surface area (Å²) >= 11 is 0. The van der Waals surface area contributed by atoms with Crippen LogP contribution in [0.3, 0.4) is 0 Å². The summed E-state index contributed by atoms with van der Waals surface area (Å²) in [6, 6.07) is 17.8. The molecular formula is C21H17NO3. The number of amides is 1. The van der Waals surface area contributed by atoms with Crippen LogP contribution in [0.5, 0.6) is 11.5 Å². The standard InChI is InChI=1S/C21H17NO3/c23-21(19-12-24-17-6-1-2-7-18(17)25-19)22-16-11-10-14-9-8-13-4-3-5-15(16)20(13)14/h1-7,10-11,19H,8-9,12H2,(H,22,23)/t19-/m0/s1. The third-order valence-corrected chi connectivity index (χ3v) is 4.94. The van der Waals surface area contributed by atoms with Crippen molar-refractivity contribution in [3.05, 3.63) is 65.7 Å². The van der Waals surface area contributed by atoms with Crippen molar-refractivity contribution in [2.75, 3.05) is 11.9 Å². The summed E-state index contributed by atoms with van der Waals surface area (Å²) in [5.74, 6) is 1.10. The Morgan fingerprint density at radius 2 is 1.72 bits per heavy atom. The molecule has 5 rings (SSSR count). The molecule has 2 aliphatic rings. The highest BCUT2D eigenvalue weighted by atomic mass is 16.6. The zero-order valence-electron chi connectivity index (χ0n) is 13.6. The van der Waals surface area contributed by atoms with Gasteiger partial charge in [0.2, 0.25) is 6.10 Å². The molecule has 1 heterocycles. The third-order valence-electron chi connectivity index (χ3n) is 4.94. The molecular weight excluding hydrogens is 314 g/mol. The number of hydrogen-bond acceptors (Lipinski definition) is 3. The molecule has 4 nitrogen and oxygen atoms in total. The minimum atomic E-state index is -0.655. The van der Waals surface area contributed by atoms with Crippen molar-refractivity contribution in [3.8, 4) is 11.5 Å². The maximum Gasteiger partial charge on any atom is 0.269 e. The van der Waals surface area contributed by atoms with Gasteiger partial charge in [-0.25, -0.2) is 0 Å². The fourth-order valence-corrected chi connectivity index (χ4v) is 3.72. The zero-order chi connectivity index (χ0) is 16.8. The van der Waals surface area contributed by atoms with E-state index in [2.05, 4.69) is 29.6 Å². The molecule has 25 heavy (non-hydrogen) atoms. The van der Waals surface area contributed by atoms with Crippen molar-refractivity contribution >= 4 is 22.4 Å². The molecule has 1 atom stereocenters. The zero-order valence-corrected chi connectivity index (χ0v) is 13.6. The van der Waals surface area contributed by atoms with Gasteiger partial charge in [0.1, 0.15) is 6.61 Å². The first kappa shape index (κ1) is 14.3. The number of benzene rings is 3. The Hall–Kier alpha value is -3.01. The van der Waals surface area contributed by atoms with Crippen LogP contribution in [0.25, 0.3) is 10.8 Å². The SMILES string of the molecule is O=C(Nc1ccc2c3c(cccc13)CC2)[C@@H]1COc2ccccc2O1. The Kier molecular flexibility index (Phi) is 3.17. The second-order valence-electron chi connectivity index (χ2n) is 6.47. The van der Waals surface area contributed by atoms with Crippen LogP contribution in [0, 0.1) is 0 Å². The molecule has 1 N–H and O–H groups in total. The van der Waals surface area contributed by atoms with E-state index >= 15 is 0 Å². The average molecular weight is 331 g/mol. The van der Waals surface area contributed by atoms with Crippen LogP contribution >= 0.6 is 0 Å². The molecule has 0 radical (unpaired) electrons. The molecule has 0 fully saturated rings. The van der Waals surface area contributed by atoms with Crippen LogP contribution in [-0.4, -0.2) is 18.6 Å². The summed E-state index contributed by atoms with van der Waals surface area (Å²) in [5, 5.41) is 5.40. The smallest absolute Gasteiger partial charge is 0.269 e. The van der Waals surface area contributed by atoms with Gasteiger partial charge >= 0.3 is 0 Å². The van der Waals surface area contributed by atoms with Crippen LogP contribution in [0.4, 0.5) is 5.69 Å². The Morgan fingerprint density at radius 1 is 0.920 bits per heavy atom. The van der Waals surface area contributed by atoms with Crippen molar-refractivity contribution < 1.29 is 14.3 Å². The van der Waals surface area contributed by atoms with Gasteiger partial charge < -0.3 is 14.8 Å². The molecule has 1 amide bonds. The minimum Gasteiger partial charge on any atom is -0.485 e. The molecule has 3 aromatic rings. The van der Waals surface area contributed by atoms with Crippen molar-refractivity contribution in [2.45, 2.75) is 18.9 Å². The molecule has 4 heteroatoms. The van der Waals surface area contributed by atoms with E-state index in [1.165, 1.54) is 16.5 Å². The lowest BCUT2D eigenvalue weighted by Crippen LogP contribution is -2.40. The lowest BCUT2D eigenvalue weighted by atomic mass is 10.0. The Bertz CT molecular complexity index is 985. The number of ether oxygens (including phenoxy) is 2. The van der Waals surface area contributed by atoms with Crippen LogP contribution in [0.2, 0.25) is 0 Å². The summed E-state index contributed by atoms with van der Waals surface area (Å²) in [7, 11) is 0. The number of carbonyl (C=O) groups is 1. The number of aryl methyl sites for hydroxylation is 2. The molecule has 0 unspecified atom stereocenters. The van der Waals surface area contributed by atoms with Gasteiger partial charge in [0.05, 0.1) is 0 Å². The van der Waals surface area contributed by atoms with E-state index in [1.54, 1.807) is 0 Å². The maximum absolute atomic E-state index is 12.7. The van der Waals surface area contributed by atoms with Crippen LogP contribution in [-0.2, 0) is 17.6 Å². The lowest BCUT2D eigenvalue weighted by Gasteiger charge is -2.25. The Morgan fingerprint density at radius 3 is 2.60 bits per heavy atom. The molecule has 0 saturated carbocycles. The van der Waals surface area contributed by atoms with E-state index in [4.69, 9.17) is 9.47 Å². The molecule has 3 aromatic carbocycles. The summed E-state index contributed by atoms with van der Waals surface area (Å²) < 4.78 is 11.4. The van der Waals surface area contributed by atoms with E-state index < -0.39 is 6.10 Å². The molecule has 0 bridgehead atoms. The predicted octanol–water partition coefficient (Wildman–Crippen LogP) is 3.72. The summed E-state index contributed by atoms with van der Waals surface area (Å²) in [6.45, 7) is 0.212. The number of rotatable bonds is 2. The fourth-order valence-electron chi connectivity index (χ4n) is 3.72. The van der Waals surface area contributed by atoms with E-state index in [1.807, 2.05) is 30.3 Å². The predicted molar refractivity (Wildman–Crippen MR) is 96.3 cm³/mol. The third kappa shape index (κ3) is 2.33. The van der Waals surface area contributed by atoms with Crippen molar-refractivity contribution in [3.63, 3.8) is 0 Å². The number of para-hydroxylation sites is 2. The van der Waals surface area contributed by atoms with Gasteiger partial charge in [0.25, 0.3) is 5.91 Å². The highest BCUT2D eigenvalue weighted by molar-refractivity contribution is 6.06. The van der Waals surface area contributed by atoms with Gasteiger partial charge in [0, 0.05) is 11.1 Å². The first-order valence-electron chi connectivity index (χ1n) is 8.52. The second-order valence-corrected chi connectivity index (χ2v) is 6.47. The number of hydrogen-bond donors (Lipinski definition) is 1. The molecule has 1 aliphatic heterocycles. The summed E-state index contributed by atoms with van der Waals surface area (Å²) in [6.07, 6.45) is 1.49. The highest BCUT2D eigenvalue weighted by Gasteiger charge is 2.28. The number of nitrogens with one attached hydrogen (secondary N) is 1. The van der Waals surface area contributed by atoms with Crippen molar-refractivity contribution in [1.29, 1.82) is 0 Å². The Balaban J connectivity index is 1.43. The summed E-state index contributed by atoms with van der Waals surface area (Å²) in [4.78, 5) is 12.7. The van der Waals surface area contributed by atoms with Gasteiger partial charge in [-0.05, 0) is 47.6 Å². The first-order valence-corrected chi connectivity index (χ1v) is 8.52. The molecule has 0 aromatic heterocycles. The lowest BCUT2D eigenvalue weighted by molar-refractivity contribution is -0.125. The normalized spacial score (nSPS) is 17.5. The molecule has 1 aliphatic carbocycles. The van der Waals surface area contributed by atoms with Gasteiger partial charge in [0.15, 0.2) is 11.5 Å². The van der Waals surface area contributed by atoms with Crippen LogP contribution < -0.4 is 14.8 Å². The van der Waals surface area contributed by atoms with Crippen LogP contribution in [0.1, 0.15) is 11.1 Å². The highest BCUT2D eigenvalue weighted by Crippen LogP contribution is 2.35. The number of anilines is 1. The largest absolute Gasteiger partial charge is 0.485 e. The first-order chi connectivity index (χ1) is 12.3. The maximum atomic E-state index is 12.7. The average Bonchev–Trinajstić information content (AvgIpc) is 3.08. The van der Waals surface area contributed by atoms with E-state index in [9.17, 15) is 4.79 Å². The second kappa shape index (κ2) is 5.52. The quantitative estimate of drug-likeness (QED) is 0.778. The Labute approximate surface area is 145 Å². The van der Waals surface area contributed by atoms with E-state index in [-0.39, 0.29) is 12.5 Å². The number of carbonyl (C=O) groups excluding carboxylic acids is 1. The van der Waals surface area contributed by atoms with Crippen molar-refractivity contribution in [2.24, 2.45) is 0 Å². The van der Waals surface area contributed by atoms with E-state index in [0.29, 0.717) is 11.5 Å². The van der Waals surface area contributed by atoms with Crippen molar-refractivity contribution in [1.82, 2.24) is 0 Å². The molecule has 0 spiro atoms. The van der Waals surface area contributed by atoms with Gasteiger partial charge in [-0.15, -0.1) is 0 Å². The van der Waals surface area contributed by atoms with Gasteiger partial charge in [-0.1, -0.05) is 36.4 Å². The monoisotopic (exact) mass is 331 g/mol. The molecule has 124 valence electrons. The number of fused-ring (bicyclic) bond motifs is 1. The molecule has 0 saturated heterocycles. The van der Waals surface area contributed by atoms with Gasteiger partial charge in [-0.3, -0.25) is 4.79 Å². The van der Waals surface area contributed by atoms with E-state index in [0.717, 1.165) is 23.9 Å². The minimum absolute atomic E-state index is 0.187. The summed E-state index contributed by atoms with van der Waals surface area (Å²) in [5.41, 5.74) is 3.54. The topological polar surface area (TPSA) is 47.6 Å². The van der Waals surface area contributed by atoms with Gasteiger partial charge in [-0.2, -0.15) is 0 Å². The fraction of sp³-hybridized carbons (Fsp3) is 0.190. The van der Waals surface area contributed by atoms with Crippen LogP contribution in [0.15, 0.2) is 54.6 Å².